The molecule has 0 aliphatic heterocycles. The minimum absolute atomic E-state index is 0.0590. The third kappa shape index (κ3) is 8.33. The van der Waals surface area contributed by atoms with Gasteiger partial charge in [-0.1, -0.05) is 0 Å². The first-order chi connectivity index (χ1) is 20.8. The third-order valence-electron chi connectivity index (χ3n) is 5.74. The summed E-state index contributed by atoms with van der Waals surface area (Å²) >= 11 is 0. The van der Waals surface area contributed by atoms with Crippen molar-refractivity contribution in [2.24, 2.45) is 16.5 Å². The van der Waals surface area contributed by atoms with Crippen LogP contribution in [0.4, 0.5) is 8.78 Å². The van der Waals surface area contributed by atoms with Gasteiger partial charge in [0.15, 0.2) is 36.5 Å². The lowest BCUT2D eigenvalue weighted by molar-refractivity contribution is 0.0691. The second kappa shape index (κ2) is 13.0. The fourth-order valence-corrected chi connectivity index (χ4v) is 5.49. The molecule has 4 rings (SSSR count). The highest BCUT2D eigenvalue weighted by atomic mass is 32.2. The van der Waals surface area contributed by atoms with Gasteiger partial charge in [0.25, 0.3) is 5.91 Å². The van der Waals surface area contributed by atoms with E-state index >= 15 is 0 Å². The summed E-state index contributed by atoms with van der Waals surface area (Å²) in [5.41, 5.74) is 8.10. The van der Waals surface area contributed by atoms with E-state index in [9.17, 15) is 44.8 Å². The molecule has 2 aromatic heterocycles. The molecule has 0 atom stereocenters. The fraction of sp³-hybridized carbons (Fsp3) is 0.0741. The van der Waals surface area contributed by atoms with Crippen molar-refractivity contribution in [3.8, 4) is 11.4 Å². The Morgan fingerprint density at radius 3 is 1.40 bits per heavy atom. The second-order valence-electron chi connectivity index (χ2n) is 9.17. The molecule has 0 aliphatic carbocycles. The molecular formula is C27H23F2N5O9S2. The van der Waals surface area contributed by atoms with E-state index in [4.69, 9.17) is 16.6 Å². The van der Waals surface area contributed by atoms with Crippen molar-refractivity contribution in [3.63, 3.8) is 0 Å². The number of nitrogens with zero attached hydrogens (tertiary/aromatic N) is 3. The lowest BCUT2D eigenvalue weighted by Crippen LogP contribution is -2.24. The van der Waals surface area contributed by atoms with Gasteiger partial charge in [0, 0.05) is 73.7 Å². The first-order valence-corrected chi connectivity index (χ1v) is 15.9. The third-order valence-corrected chi connectivity index (χ3v) is 7.99. The Balaban J connectivity index is 0.000000248. The molecule has 5 N–H and O–H groups in total. The minimum atomic E-state index is -3.82. The predicted molar refractivity (Wildman–Crippen MR) is 157 cm³/mol. The summed E-state index contributed by atoms with van der Waals surface area (Å²) in [4.78, 5) is 47.5. The van der Waals surface area contributed by atoms with E-state index in [1.54, 1.807) is 0 Å². The van der Waals surface area contributed by atoms with E-state index in [1.165, 1.54) is 58.2 Å². The first-order valence-electron chi connectivity index (χ1n) is 12.1. The van der Waals surface area contributed by atoms with Crippen LogP contribution in [-0.4, -0.2) is 61.4 Å². The van der Waals surface area contributed by atoms with E-state index in [0.29, 0.717) is 0 Å². The molecule has 14 nitrogen and oxygen atoms in total. The first kappa shape index (κ1) is 34.0. The number of carbonyl (C=O) groups excluding carboxylic acids is 1. The van der Waals surface area contributed by atoms with E-state index in [2.05, 4.69) is 4.99 Å². The number of carboxylic acids is 1. The number of sulfone groups is 2. The zero-order valence-electron chi connectivity index (χ0n) is 23.2. The summed E-state index contributed by atoms with van der Waals surface area (Å²) in [5, 5.41) is 8.87. The minimum Gasteiger partial charge on any atom is -0.478 e. The second-order valence-corrected chi connectivity index (χ2v) is 13.1. The number of aromatic nitrogens is 2. The summed E-state index contributed by atoms with van der Waals surface area (Å²) < 4.78 is 78.1. The number of hydrogen-bond donors (Lipinski definition) is 3. The maximum absolute atomic E-state index is 14.2. The van der Waals surface area contributed by atoms with Crippen LogP contribution in [0.15, 0.2) is 97.7 Å². The van der Waals surface area contributed by atoms with Gasteiger partial charge >= 0.3 is 5.97 Å². The van der Waals surface area contributed by atoms with Gasteiger partial charge in [-0.2, -0.15) is 4.99 Å². The van der Waals surface area contributed by atoms with Gasteiger partial charge in [-0.05, 0) is 12.1 Å². The van der Waals surface area contributed by atoms with Gasteiger partial charge < -0.3 is 25.7 Å². The van der Waals surface area contributed by atoms with E-state index < -0.39 is 60.3 Å². The topological polar surface area (TPSA) is 231 Å². The van der Waals surface area contributed by atoms with Crippen molar-refractivity contribution < 1.29 is 40.3 Å². The van der Waals surface area contributed by atoms with Gasteiger partial charge in [-0.25, -0.2) is 30.4 Å². The zero-order chi connectivity index (χ0) is 33.9. The van der Waals surface area contributed by atoms with Crippen LogP contribution in [0, 0.1) is 11.6 Å². The molecule has 236 valence electrons. The number of nitrogens with two attached hydrogens (primary N) is 2. The highest BCUT2D eigenvalue weighted by Crippen LogP contribution is 2.25. The van der Waals surface area contributed by atoms with E-state index in [0.717, 1.165) is 36.8 Å². The Morgan fingerprint density at radius 1 is 0.711 bits per heavy atom. The Labute approximate surface area is 253 Å². The number of benzene rings is 2. The van der Waals surface area contributed by atoms with Crippen LogP contribution in [0.3, 0.4) is 0 Å². The number of rotatable bonds is 6. The monoisotopic (exact) mass is 663 g/mol. The predicted octanol–water partition coefficient (Wildman–Crippen LogP) is 0.872. The van der Waals surface area contributed by atoms with Crippen LogP contribution >= 0.6 is 0 Å². The average molecular weight is 664 g/mol. The summed E-state index contributed by atoms with van der Waals surface area (Å²) in [6.07, 6.45) is 6.89. The van der Waals surface area contributed by atoms with Gasteiger partial charge in [0.2, 0.25) is 0 Å². The number of pyridine rings is 2. The van der Waals surface area contributed by atoms with Crippen LogP contribution < -0.4 is 22.3 Å². The molecule has 0 radical (unpaired) electrons. The Kier molecular flexibility index (Phi) is 9.84. The Morgan fingerprint density at radius 2 is 1.07 bits per heavy atom. The van der Waals surface area contributed by atoms with Gasteiger partial charge in [0.1, 0.15) is 11.6 Å². The Bertz CT molecular complexity index is 2170. The molecule has 0 bridgehead atoms. The number of aromatic carboxylic acids is 1. The Hall–Kier alpha value is -5.49. The molecule has 0 fully saturated rings. The maximum atomic E-state index is 14.2. The van der Waals surface area contributed by atoms with Gasteiger partial charge in [-0.3, -0.25) is 14.4 Å². The maximum Gasteiger partial charge on any atom is 0.338 e. The van der Waals surface area contributed by atoms with Crippen LogP contribution in [0.1, 0.15) is 20.7 Å². The molecule has 45 heavy (non-hydrogen) atoms. The lowest BCUT2D eigenvalue weighted by Gasteiger charge is -2.13. The summed E-state index contributed by atoms with van der Waals surface area (Å²) in [7, 11) is -7.62. The largest absolute Gasteiger partial charge is 0.478 e. The normalized spacial score (nSPS) is 11.2. The number of amides is 1. The van der Waals surface area contributed by atoms with Gasteiger partial charge in [0.05, 0.1) is 32.3 Å². The molecular weight excluding hydrogens is 640 g/mol. The van der Waals surface area contributed by atoms with Crippen LogP contribution in [0.25, 0.3) is 11.4 Å². The van der Waals surface area contributed by atoms with E-state index in [-0.39, 0.29) is 32.0 Å². The van der Waals surface area contributed by atoms with E-state index in [1.807, 2.05) is 0 Å². The number of halogens is 2. The molecule has 0 saturated heterocycles. The van der Waals surface area contributed by atoms with Crippen molar-refractivity contribution in [3.05, 3.63) is 117 Å². The van der Waals surface area contributed by atoms with Gasteiger partial charge in [-0.15, -0.1) is 0 Å². The van der Waals surface area contributed by atoms with Crippen LogP contribution in [0.2, 0.25) is 0 Å². The molecule has 0 saturated carbocycles. The number of carbonyl (C=O) groups is 2. The molecule has 18 heteroatoms. The number of aliphatic imine (C=N–C) groups is 1. The highest BCUT2D eigenvalue weighted by molar-refractivity contribution is 7.91. The average Bonchev–Trinajstić information content (AvgIpc) is 2.92. The number of hydrogen-bond acceptors (Lipinski definition) is 8. The lowest BCUT2D eigenvalue weighted by atomic mass is 10.1. The zero-order valence-corrected chi connectivity index (χ0v) is 24.8. The summed E-state index contributed by atoms with van der Waals surface area (Å²) in [5.74, 6) is -5.33. The molecule has 1 amide bonds. The summed E-state index contributed by atoms with van der Waals surface area (Å²) in [6.45, 7) is 0. The molecule has 0 unspecified atom stereocenters. The quantitative estimate of drug-likeness (QED) is 0.149. The van der Waals surface area contributed by atoms with Crippen LogP contribution in [-0.2, 0) is 19.7 Å². The van der Waals surface area contributed by atoms with Crippen LogP contribution in [0.5, 0.6) is 0 Å². The number of guanidine groups is 1. The summed E-state index contributed by atoms with van der Waals surface area (Å²) in [6, 6.07) is 8.00. The standard InChI is InChI=1S/C14H13FN4O4S.C13H10FNO5S/c1-24(22,23)12-6-9(13(21)18-14(16)17)10(15)7-11(12)19-4-2-8(20)3-5-19;1-21(19,20)12-6-9(13(17)18)10(14)7-11(12)15-4-2-8(16)3-5-15/h2-7H,1H3,(H4,16,17,18,21);2-7H,1H3,(H,17,18). The van der Waals surface area contributed by atoms with Crippen molar-refractivity contribution in [1.29, 1.82) is 0 Å². The van der Waals surface area contributed by atoms with Crippen molar-refractivity contribution in [1.82, 2.24) is 9.13 Å². The molecule has 2 heterocycles. The molecule has 4 aromatic rings. The van der Waals surface area contributed by atoms with Crippen molar-refractivity contribution >= 4 is 37.5 Å². The van der Waals surface area contributed by atoms with Crippen molar-refractivity contribution in [2.75, 3.05) is 12.5 Å². The molecule has 0 spiro atoms. The number of carboxylic acid groups (broad SMARTS) is 1. The smallest absolute Gasteiger partial charge is 0.338 e. The fourth-order valence-electron chi connectivity index (χ4n) is 3.74. The highest BCUT2D eigenvalue weighted by Gasteiger charge is 2.23. The SMILES string of the molecule is CS(=O)(=O)c1cc(C(=O)N=C(N)N)c(F)cc1-n1ccc(=O)cc1.CS(=O)(=O)c1cc(C(=O)O)c(F)cc1-n1ccc(=O)cc1. The van der Waals surface area contributed by atoms with Crippen molar-refractivity contribution in [2.45, 2.75) is 9.79 Å². The molecule has 2 aromatic carbocycles. The molecule has 0 aliphatic rings.